The van der Waals surface area contributed by atoms with Crippen LogP contribution in [-0.2, 0) is 9.84 Å². The normalized spacial score (nSPS) is 13.8. The molecule has 0 aliphatic rings. The Morgan fingerprint density at radius 1 is 1.24 bits per heavy atom. The van der Waals surface area contributed by atoms with Crippen molar-refractivity contribution < 1.29 is 8.42 Å². The average Bonchev–Trinajstić information content (AvgIpc) is 2.48. The average molecular weight is 311 g/mol. The van der Waals surface area contributed by atoms with Gasteiger partial charge in [-0.1, -0.05) is 25.1 Å². The maximum atomic E-state index is 12.1. The Kier molecular flexibility index (Phi) is 7.22. The van der Waals surface area contributed by atoms with Crippen molar-refractivity contribution in [2.75, 3.05) is 18.8 Å². The van der Waals surface area contributed by atoms with Gasteiger partial charge in [0.2, 0.25) is 0 Å². The molecule has 5 nitrogen and oxygen atoms in total. The minimum Gasteiger partial charge on any atom is -0.357 e. The molecule has 0 aliphatic carbocycles. The number of rotatable bonds is 7. The second-order valence-electron chi connectivity index (χ2n) is 4.85. The van der Waals surface area contributed by atoms with Gasteiger partial charge in [-0.2, -0.15) is 0 Å². The molecule has 0 radical (unpaired) electrons. The summed E-state index contributed by atoms with van der Waals surface area (Å²) in [7, 11) is -3.27. The van der Waals surface area contributed by atoms with Gasteiger partial charge in [-0.15, -0.1) is 0 Å². The monoisotopic (exact) mass is 311 g/mol. The molecule has 0 saturated carbocycles. The van der Waals surface area contributed by atoms with Crippen LogP contribution in [0.5, 0.6) is 0 Å². The Morgan fingerprint density at radius 3 is 2.48 bits per heavy atom. The Labute approximate surface area is 127 Å². The predicted octanol–water partition coefficient (Wildman–Crippen LogP) is 1.81. The van der Waals surface area contributed by atoms with Gasteiger partial charge in [0, 0.05) is 12.6 Å². The van der Waals surface area contributed by atoms with E-state index in [1.807, 2.05) is 6.92 Å². The summed E-state index contributed by atoms with van der Waals surface area (Å²) in [5.74, 6) is 0.670. The molecule has 6 heteroatoms. The van der Waals surface area contributed by atoms with E-state index >= 15 is 0 Å². The molecule has 118 valence electrons. The molecule has 0 bridgehead atoms. The van der Waals surface area contributed by atoms with Crippen LogP contribution in [0.2, 0.25) is 0 Å². The molecular formula is C15H25N3O2S. The summed E-state index contributed by atoms with van der Waals surface area (Å²) in [6.45, 7) is 7.11. The molecule has 2 N–H and O–H groups in total. The summed E-state index contributed by atoms with van der Waals surface area (Å²) in [6, 6.07) is 8.78. The summed E-state index contributed by atoms with van der Waals surface area (Å²) in [6.07, 6.45) is 0.979. The number of aliphatic imine (C=N–C) groups is 1. The molecule has 1 unspecified atom stereocenters. The highest BCUT2D eigenvalue weighted by atomic mass is 32.2. The van der Waals surface area contributed by atoms with Crippen molar-refractivity contribution >= 4 is 15.8 Å². The van der Waals surface area contributed by atoms with Gasteiger partial charge in [-0.3, -0.25) is 4.99 Å². The molecular weight excluding hydrogens is 286 g/mol. The zero-order valence-corrected chi connectivity index (χ0v) is 13.8. The molecule has 0 amide bonds. The van der Waals surface area contributed by atoms with Gasteiger partial charge in [0.05, 0.1) is 17.2 Å². The fraction of sp³-hybridized carbons (Fsp3) is 0.533. The maximum Gasteiger partial charge on any atom is 0.191 e. The van der Waals surface area contributed by atoms with Crippen molar-refractivity contribution in [3.05, 3.63) is 30.3 Å². The number of hydrogen-bond donors (Lipinski definition) is 2. The van der Waals surface area contributed by atoms with Crippen molar-refractivity contribution in [2.24, 2.45) is 4.99 Å². The Bertz CT molecular complexity index is 541. The van der Waals surface area contributed by atoms with E-state index in [2.05, 4.69) is 29.5 Å². The Morgan fingerprint density at radius 2 is 1.90 bits per heavy atom. The van der Waals surface area contributed by atoms with Crippen LogP contribution in [0.15, 0.2) is 40.2 Å². The zero-order valence-electron chi connectivity index (χ0n) is 13.0. The highest BCUT2D eigenvalue weighted by Gasteiger charge is 2.13. The van der Waals surface area contributed by atoms with Gasteiger partial charge in [-0.25, -0.2) is 8.42 Å². The second-order valence-corrected chi connectivity index (χ2v) is 6.96. The summed E-state index contributed by atoms with van der Waals surface area (Å²) in [5, 5.41) is 6.36. The van der Waals surface area contributed by atoms with Crippen molar-refractivity contribution in [2.45, 2.75) is 38.1 Å². The van der Waals surface area contributed by atoms with Gasteiger partial charge >= 0.3 is 0 Å². The second kappa shape index (κ2) is 8.67. The number of sulfone groups is 1. The third-order valence-corrected chi connectivity index (χ3v) is 4.78. The van der Waals surface area contributed by atoms with Crippen LogP contribution < -0.4 is 10.6 Å². The van der Waals surface area contributed by atoms with E-state index in [0.29, 0.717) is 16.9 Å². The van der Waals surface area contributed by atoms with Gasteiger partial charge in [-0.05, 0) is 32.4 Å². The highest BCUT2D eigenvalue weighted by Crippen LogP contribution is 2.09. The first-order valence-corrected chi connectivity index (χ1v) is 8.97. The van der Waals surface area contributed by atoms with Gasteiger partial charge < -0.3 is 10.6 Å². The van der Waals surface area contributed by atoms with Gasteiger partial charge in [0.15, 0.2) is 15.8 Å². The quantitative estimate of drug-likeness (QED) is 0.595. The lowest BCUT2D eigenvalue weighted by molar-refractivity contribution is 0.595. The van der Waals surface area contributed by atoms with Crippen LogP contribution in [0.3, 0.4) is 0 Å². The molecule has 0 heterocycles. The molecule has 0 spiro atoms. The minimum atomic E-state index is -3.27. The topological polar surface area (TPSA) is 70.6 Å². The predicted molar refractivity (Wildman–Crippen MR) is 87.4 cm³/mol. The van der Waals surface area contributed by atoms with Crippen molar-refractivity contribution in [3.63, 3.8) is 0 Å². The van der Waals surface area contributed by atoms with Crippen LogP contribution in [0.4, 0.5) is 0 Å². The van der Waals surface area contributed by atoms with E-state index in [1.165, 1.54) is 0 Å². The third kappa shape index (κ3) is 6.16. The van der Waals surface area contributed by atoms with Gasteiger partial charge in [0.1, 0.15) is 0 Å². The van der Waals surface area contributed by atoms with Crippen molar-refractivity contribution in [3.8, 4) is 0 Å². The molecule has 0 fully saturated rings. The molecule has 0 saturated heterocycles. The number of benzene rings is 1. The summed E-state index contributed by atoms with van der Waals surface area (Å²) in [4.78, 5) is 4.67. The summed E-state index contributed by atoms with van der Waals surface area (Å²) >= 11 is 0. The number of guanidine groups is 1. The fourth-order valence-electron chi connectivity index (χ4n) is 1.68. The molecule has 1 aromatic carbocycles. The smallest absolute Gasteiger partial charge is 0.191 e. The molecule has 21 heavy (non-hydrogen) atoms. The van der Waals surface area contributed by atoms with Crippen LogP contribution in [-0.4, -0.2) is 39.3 Å². The van der Waals surface area contributed by atoms with E-state index in [0.717, 1.165) is 13.0 Å². The molecule has 1 rings (SSSR count). The largest absolute Gasteiger partial charge is 0.357 e. The van der Waals surface area contributed by atoms with Crippen LogP contribution in [0, 0.1) is 0 Å². The zero-order chi connectivity index (χ0) is 15.7. The minimum absolute atomic E-state index is 0.00803. The molecule has 0 aromatic heterocycles. The van der Waals surface area contributed by atoms with E-state index in [1.54, 1.807) is 30.3 Å². The lowest BCUT2D eigenvalue weighted by Gasteiger charge is -2.16. The van der Waals surface area contributed by atoms with E-state index < -0.39 is 9.84 Å². The van der Waals surface area contributed by atoms with Crippen molar-refractivity contribution in [1.82, 2.24) is 10.6 Å². The van der Waals surface area contributed by atoms with E-state index in [9.17, 15) is 8.42 Å². The number of nitrogens with one attached hydrogen (secondary N) is 2. The van der Waals surface area contributed by atoms with Crippen LogP contribution >= 0.6 is 0 Å². The number of hydrogen-bond acceptors (Lipinski definition) is 3. The highest BCUT2D eigenvalue weighted by molar-refractivity contribution is 7.91. The summed E-state index contributed by atoms with van der Waals surface area (Å²) < 4.78 is 24.3. The Hall–Kier alpha value is -1.56. The maximum absolute atomic E-state index is 12.1. The van der Waals surface area contributed by atoms with Crippen molar-refractivity contribution in [1.29, 1.82) is 0 Å². The van der Waals surface area contributed by atoms with Gasteiger partial charge in [0.25, 0.3) is 0 Å². The van der Waals surface area contributed by atoms with E-state index in [-0.39, 0.29) is 12.3 Å². The third-order valence-electron chi connectivity index (χ3n) is 3.07. The lowest BCUT2D eigenvalue weighted by Crippen LogP contribution is -2.42. The lowest BCUT2D eigenvalue weighted by atomic mass is 10.3. The molecule has 1 aromatic rings. The van der Waals surface area contributed by atoms with E-state index in [4.69, 9.17) is 0 Å². The first-order valence-electron chi connectivity index (χ1n) is 7.32. The standard InChI is InChI=1S/C15H25N3O2S/c1-4-13(3)18-15(16-5-2)17-11-12-21(19,20)14-9-7-6-8-10-14/h6-10,13H,4-5,11-12H2,1-3H3,(H2,16,17,18). The SMILES string of the molecule is CCNC(=NCCS(=O)(=O)c1ccccc1)NC(C)CC. The number of nitrogens with zero attached hydrogens (tertiary/aromatic N) is 1. The fourth-order valence-corrected chi connectivity index (χ4v) is 2.82. The molecule has 0 aliphatic heterocycles. The first kappa shape index (κ1) is 17.5. The van der Waals surface area contributed by atoms with Crippen LogP contribution in [0.1, 0.15) is 27.2 Å². The Balaban J connectivity index is 2.65. The molecule has 1 atom stereocenters. The summed E-state index contributed by atoms with van der Waals surface area (Å²) in [5.41, 5.74) is 0. The first-order chi connectivity index (χ1) is 9.99. The van der Waals surface area contributed by atoms with Crippen LogP contribution in [0.25, 0.3) is 0 Å².